The van der Waals surface area contributed by atoms with Gasteiger partial charge in [0, 0.05) is 25.9 Å². The first kappa shape index (κ1) is 11.6. The molecule has 1 N–H and O–H groups in total. The number of hydrogen-bond acceptors (Lipinski definition) is 2. The van der Waals surface area contributed by atoms with E-state index in [4.69, 9.17) is 0 Å². The molecule has 3 heteroatoms. The molecular weight excluding hydrogens is 200 g/mol. The molecule has 1 aromatic heterocycles. The smallest absolute Gasteiger partial charge is 0.108 e. The Kier molecular flexibility index (Phi) is 3.33. The summed E-state index contributed by atoms with van der Waals surface area (Å²) in [5.41, 5.74) is -0.424. The van der Waals surface area contributed by atoms with Gasteiger partial charge >= 0.3 is 0 Å². The predicted molar refractivity (Wildman–Crippen MR) is 64.1 cm³/mol. The lowest BCUT2D eigenvalue weighted by Gasteiger charge is -2.22. The number of rotatable bonds is 4. The van der Waals surface area contributed by atoms with Crippen LogP contribution in [0.25, 0.3) is 0 Å². The van der Waals surface area contributed by atoms with E-state index >= 15 is 0 Å². The summed E-state index contributed by atoms with van der Waals surface area (Å²) in [4.78, 5) is 4.30. The van der Waals surface area contributed by atoms with Crippen LogP contribution in [-0.2, 0) is 13.5 Å². The summed E-state index contributed by atoms with van der Waals surface area (Å²) in [6.07, 6.45) is 9.86. The molecule has 0 aliphatic heterocycles. The zero-order chi connectivity index (χ0) is 11.6. The Hall–Kier alpha value is -0.830. The van der Waals surface area contributed by atoms with Crippen molar-refractivity contribution in [1.82, 2.24) is 9.55 Å². The molecule has 0 radical (unpaired) electrons. The summed E-state index contributed by atoms with van der Waals surface area (Å²) in [5.74, 6) is 1.81. The maximum Gasteiger partial charge on any atom is 0.108 e. The largest absolute Gasteiger partial charge is 0.390 e. The lowest BCUT2D eigenvalue weighted by Crippen LogP contribution is -2.26. The van der Waals surface area contributed by atoms with Crippen molar-refractivity contribution in [2.24, 2.45) is 13.0 Å². The molecule has 0 aromatic carbocycles. The number of aryl methyl sites for hydroxylation is 2. The second kappa shape index (κ2) is 4.58. The van der Waals surface area contributed by atoms with Crippen molar-refractivity contribution in [2.75, 3.05) is 0 Å². The SMILES string of the molecule is CCC1CCC(O)(CCc2nccn2C)C1. The van der Waals surface area contributed by atoms with Crippen molar-refractivity contribution < 1.29 is 5.11 Å². The highest BCUT2D eigenvalue weighted by atomic mass is 16.3. The standard InChI is InChI=1S/C13H22N2O/c1-3-11-4-6-13(16,10-11)7-5-12-14-8-9-15(12)2/h8-9,11,16H,3-7,10H2,1-2H3. The predicted octanol–water partition coefficient (Wildman–Crippen LogP) is 2.29. The van der Waals surface area contributed by atoms with Gasteiger partial charge in [-0.2, -0.15) is 0 Å². The fourth-order valence-corrected chi connectivity index (χ4v) is 2.77. The molecule has 0 spiro atoms. The quantitative estimate of drug-likeness (QED) is 0.849. The van der Waals surface area contributed by atoms with E-state index in [9.17, 15) is 5.11 Å². The fourth-order valence-electron chi connectivity index (χ4n) is 2.77. The number of imidazole rings is 1. The Labute approximate surface area is 97.5 Å². The van der Waals surface area contributed by atoms with E-state index in [2.05, 4.69) is 11.9 Å². The van der Waals surface area contributed by atoms with Crippen LogP contribution in [0.3, 0.4) is 0 Å². The van der Waals surface area contributed by atoms with E-state index in [-0.39, 0.29) is 0 Å². The van der Waals surface area contributed by atoms with Crippen LogP contribution >= 0.6 is 0 Å². The van der Waals surface area contributed by atoms with E-state index in [1.165, 1.54) is 12.8 Å². The summed E-state index contributed by atoms with van der Waals surface area (Å²) >= 11 is 0. The van der Waals surface area contributed by atoms with Gasteiger partial charge in [-0.1, -0.05) is 13.3 Å². The highest BCUT2D eigenvalue weighted by Gasteiger charge is 2.36. The lowest BCUT2D eigenvalue weighted by atomic mass is 9.93. The van der Waals surface area contributed by atoms with Crippen molar-refractivity contribution in [3.8, 4) is 0 Å². The highest BCUT2D eigenvalue weighted by Crippen LogP contribution is 2.38. The number of hydrogen-bond donors (Lipinski definition) is 1. The maximum absolute atomic E-state index is 10.4. The van der Waals surface area contributed by atoms with Crippen LogP contribution in [0.4, 0.5) is 0 Å². The minimum Gasteiger partial charge on any atom is -0.390 e. The molecule has 1 aromatic rings. The first-order valence-electron chi connectivity index (χ1n) is 6.31. The summed E-state index contributed by atoms with van der Waals surface area (Å²) in [6.45, 7) is 2.22. The lowest BCUT2D eigenvalue weighted by molar-refractivity contribution is 0.0341. The molecule has 1 aliphatic carbocycles. The van der Waals surface area contributed by atoms with Crippen molar-refractivity contribution in [3.63, 3.8) is 0 Å². The van der Waals surface area contributed by atoms with Gasteiger partial charge in [0.2, 0.25) is 0 Å². The summed E-state index contributed by atoms with van der Waals surface area (Å²) in [5, 5.41) is 10.4. The molecule has 1 saturated carbocycles. The zero-order valence-electron chi connectivity index (χ0n) is 10.3. The van der Waals surface area contributed by atoms with E-state index in [0.29, 0.717) is 0 Å². The van der Waals surface area contributed by atoms with Crippen LogP contribution < -0.4 is 0 Å². The Bertz CT molecular complexity index is 347. The van der Waals surface area contributed by atoms with Crippen LogP contribution in [-0.4, -0.2) is 20.3 Å². The molecular formula is C13H22N2O. The van der Waals surface area contributed by atoms with Gasteiger partial charge in [0.1, 0.15) is 5.82 Å². The molecule has 0 saturated heterocycles. The fraction of sp³-hybridized carbons (Fsp3) is 0.769. The van der Waals surface area contributed by atoms with Crippen LogP contribution in [0, 0.1) is 5.92 Å². The Morgan fingerprint density at radius 2 is 2.44 bits per heavy atom. The molecule has 1 heterocycles. The molecule has 1 fully saturated rings. The molecule has 2 atom stereocenters. The van der Waals surface area contributed by atoms with Gasteiger partial charge in [-0.05, 0) is 31.6 Å². The summed E-state index contributed by atoms with van der Waals surface area (Å²) in [6, 6.07) is 0. The molecule has 1 aliphatic rings. The molecule has 16 heavy (non-hydrogen) atoms. The van der Waals surface area contributed by atoms with Crippen LogP contribution in [0.1, 0.15) is 44.9 Å². The minimum atomic E-state index is -0.424. The third-order valence-corrected chi connectivity index (χ3v) is 4.00. The van der Waals surface area contributed by atoms with Crippen LogP contribution in [0.2, 0.25) is 0 Å². The molecule has 0 amide bonds. The summed E-state index contributed by atoms with van der Waals surface area (Å²) in [7, 11) is 2.01. The molecule has 3 nitrogen and oxygen atoms in total. The molecule has 2 unspecified atom stereocenters. The highest BCUT2D eigenvalue weighted by molar-refractivity contribution is 4.96. The van der Waals surface area contributed by atoms with Crippen molar-refractivity contribution in [2.45, 2.75) is 51.0 Å². The van der Waals surface area contributed by atoms with Gasteiger partial charge in [0.05, 0.1) is 5.60 Å². The Morgan fingerprint density at radius 1 is 1.62 bits per heavy atom. The normalized spacial score (nSPS) is 29.8. The van der Waals surface area contributed by atoms with Crippen molar-refractivity contribution in [1.29, 1.82) is 0 Å². The second-order valence-electron chi connectivity index (χ2n) is 5.20. The average molecular weight is 222 g/mol. The molecule has 0 bridgehead atoms. The maximum atomic E-state index is 10.4. The Balaban J connectivity index is 1.88. The monoisotopic (exact) mass is 222 g/mol. The van der Waals surface area contributed by atoms with Crippen molar-refractivity contribution >= 4 is 0 Å². The van der Waals surface area contributed by atoms with Crippen LogP contribution in [0.5, 0.6) is 0 Å². The first-order chi connectivity index (χ1) is 7.63. The van der Waals surface area contributed by atoms with E-state index in [0.717, 1.165) is 37.4 Å². The van der Waals surface area contributed by atoms with E-state index < -0.39 is 5.60 Å². The molecule has 90 valence electrons. The van der Waals surface area contributed by atoms with Crippen molar-refractivity contribution in [3.05, 3.63) is 18.2 Å². The minimum absolute atomic E-state index is 0.424. The Morgan fingerprint density at radius 3 is 3.00 bits per heavy atom. The van der Waals surface area contributed by atoms with Crippen LogP contribution in [0.15, 0.2) is 12.4 Å². The van der Waals surface area contributed by atoms with Gasteiger partial charge in [-0.3, -0.25) is 0 Å². The van der Waals surface area contributed by atoms with E-state index in [1.807, 2.05) is 24.0 Å². The number of aromatic nitrogens is 2. The number of aliphatic hydroxyl groups is 1. The zero-order valence-corrected chi connectivity index (χ0v) is 10.3. The van der Waals surface area contributed by atoms with Gasteiger partial charge < -0.3 is 9.67 Å². The number of nitrogens with zero attached hydrogens (tertiary/aromatic N) is 2. The average Bonchev–Trinajstić information content (AvgIpc) is 2.83. The first-order valence-corrected chi connectivity index (χ1v) is 6.31. The third-order valence-electron chi connectivity index (χ3n) is 4.00. The second-order valence-corrected chi connectivity index (χ2v) is 5.20. The van der Waals surface area contributed by atoms with Gasteiger partial charge in [-0.25, -0.2) is 4.98 Å². The van der Waals surface area contributed by atoms with Gasteiger partial charge in [-0.15, -0.1) is 0 Å². The third kappa shape index (κ3) is 2.46. The molecule has 2 rings (SSSR count). The van der Waals surface area contributed by atoms with Gasteiger partial charge in [0.15, 0.2) is 0 Å². The van der Waals surface area contributed by atoms with E-state index in [1.54, 1.807) is 0 Å². The topological polar surface area (TPSA) is 38.1 Å². The van der Waals surface area contributed by atoms with Gasteiger partial charge in [0.25, 0.3) is 0 Å². The summed E-state index contributed by atoms with van der Waals surface area (Å²) < 4.78 is 2.04.